The maximum Gasteiger partial charge on any atom is 0.335 e. The van der Waals surface area contributed by atoms with Crippen molar-refractivity contribution in [2.45, 2.75) is 13.5 Å². The topological polar surface area (TPSA) is 51.5 Å². The molecule has 0 radical (unpaired) electrons. The van der Waals surface area contributed by atoms with Crippen molar-refractivity contribution in [3.05, 3.63) is 30.0 Å². The molecule has 0 fully saturated rings. The number of benzene rings is 1. The second-order valence-corrected chi connectivity index (χ2v) is 3.52. The van der Waals surface area contributed by atoms with Crippen molar-refractivity contribution in [3.63, 3.8) is 0 Å². The lowest BCUT2D eigenvalue weighted by Crippen LogP contribution is -1.99. The van der Waals surface area contributed by atoms with Gasteiger partial charge in [0.25, 0.3) is 0 Å². The number of carbonyl (C=O) groups is 1. The predicted molar refractivity (Wildman–Crippen MR) is 61.1 cm³/mol. The van der Waals surface area contributed by atoms with Gasteiger partial charge in [0.15, 0.2) is 0 Å². The van der Waals surface area contributed by atoms with E-state index < -0.39 is 5.97 Å². The van der Waals surface area contributed by atoms with Gasteiger partial charge in [-0.05, 0) is 25.1 Å². The number of nitrogens with zero attached hydrogens (tertiary/aromatic N) is 1. The summed E-state index contributed by atoms with van der Waals surface area (Å²) in [7, 11) is 1.55. The highest BCUT2D eigenvalue weighted by Crippen LogP contribution is 2.28. The van der Waals surface area contributed by atoms with E-state index in [1.807, 2.05) is 23.8 Å². The van der Waals surface area contributed by atoms with E-state index in [1.54, 1.807) is 19.2 Å². The van der Waals surface area contributed by atoms with Gasteiger partial charge in [-0.2, -0.15) is 0 Å². The van der Waals surface area contributed by atoms with E-state index in [4.69, 9.17) is 9.84 Å². The molecule has 1 heterocycles. The van der Waals surface area contributed by atoms with Crippen LogP contribution in [0.1, 0.15) is 17.3 Å². The molecule has 1 aromatic heterocycles. The highest BCUT2D eigenvalue weighted by Gasteiger charge is 2.11. The molecule has 1 aromatic carbocycles. The molecule has 0 aliphatic carbocycles. The summed E-state index contributed by atoms with van der Waals surface area (Å²) in [6.45, 7) is 2.81. The van der Waals surface area contributed by atoms with Crippen LogP contribution in [0, 0.1) is 0 Å². The van der Waals surface area contributed by atoms with Crippen LogP contribution in [0.3, 0.4) is 0 Å². The Labute approximate surface area is 93.1 Å². The molecule has 0 unspecified atom stereocenters. The molecule has 0 aliphatic heterocycles. The molecule has 2 rings (SSSR count). The summed E-state index contributed by atoms with van der Waals surface area (Å²) in [5.74, 6) is -0.342. The van der Waals surface area contributed by atoms with E-state index in [-0.39, 0.29) is 5.56 Å². The first kappa shape index (κ1) is 10.5. The first-order chi connectivity index (χ1) is 7.67. The molecule has 0 amide bonds. The summed E-state index contributed by atoms with van der Waals surface area (Å²) in [6.07, 6.45) is 1.93. The first-order valence-electron chi connectivity index (χ1n) is 5.07. The summed E-state index contributed by atoms with van der Waals surface area (Å²) >= 11 is 0. The number of methoxy groups -OCH3 is 1. The number of carboxylic acids is 1. The second kappa shape index (κ2) is 3.89. The summed E-state index contributed by atoms with van der Waals surface area (Å²) in [5.41, 5.74) is 1.14. The van der Waals surface area contributed by atoms with E-state index in [2.05, 4.69) is 0 Å². The van der Waals surface area contributed by atoms with Crippen LogP contribution in [-0.4, -0.2) is 22.8 Å². The minimum Gasteiger partial charge on any atom is -0.496 e. The number of hydrogen-bond acceptors (Lipinski definition) is 2. The quantitative estimate of drug-likeness (QED) is 0.862. The van der Waals surface area contributed by atoms with Crippen LogP contribution in [0.15, 0.2) is 24.4 Å². The van der Waals surface area contributed by atoms with Crippen molar-refractivity contribution in [2.24, 2.45) is 0 Å². The van der Waals surface area contributed by atoms with E-state index in [1.165, 1.54) is 0 Å². The molecule has 0 saturated heterocycles. The summed E-state index contributed by atoms with van der Waals surface area (Å²) < 4.78 is 7.19. The molecule has 0 atom stereocenters. The molecule has 4 nitrogen and oxygen atoms in total. The molecule has 0 spiro atoms. The molecular weight excluding hydrogens is 206 g/mol. The van der Waals surface area contributed by atoms with E-state index >= 15 is 0 Å². The van der Waals surface area contributed by atoms with Crippen LogP contribution in [0.5, 0.6) is 5.75 Å². The number of carboxylic acid groups (broad SMARTS) is 1. The minimum absolute atomic E-state index is 0.248. The molecule has 1 N–H and O–H groups in total. The van der Waals surface area contributed by atoms with Gasteiger partial charge in [0.05, 0.1) is 18.2 Å². The molecule has 0 bridgehead atoms. The number of fused-ring (bicyclic) bond motifs is 1. The van der Waals surface area contributed by atoms with Crippen LogP contribution in [0.25, 0.3) is 10.9 Å². The zero-order chi connectivity index (χ0) is 11.7. The molecule has 16 heavy (non-hydrogen) atoms. The van der Waals surface area contributed by atoms with Crippen LogP contribution in [0.2, 0.25) is 0 Å². The minimum atomic E-state index is -0.941. The van der Waals surface area contributed by atoms with Crippen molar-refractivity contribution in [1.29, 1.82) is 0 Å². The monoisotopic (exact) mass is 219 g/mol. The van der Waals surface area contributed by atoms with Gasteiger partial charge in [-0.15, -0.1) is 0 Å². The third-order valence-corrected chi connectivity index (χ3v) is 2.66. The van der Waals surface area contributed by atoms with Crippen molar-refractivity contribution < 1.29 is 14.6 Å². The van der Waals surface area contributed by atoms with Gasteiger partial charge in [-0.25, -0.2) is 4.79 Å². The van der Waals surface area contributed by atoms with Gasteiger partial charge in [-0.3, -0.25) is 0 Å². The Morgan fingerprint density at radius 3 is 2.81 bits per heavy atom. The second-order valence-electron chi connectivity index (χ2n) is 3.52. The number of rotatable bonds is 3. The Kier molecular flexibility index (Phi) is 2.56. The first-order valence-corrected chi connectivity index (χ1v) is 5.07. The highest BCUT2D eigenvalue weighted by molar-refractivity contribution is 5.96. The normalized spacial score (nSPS) is 10.6. The highest BCUT2D eigenvalue weighted by atomic mass is 16.5. The lowest BCUT2D eigenvalue weighted by Gasteiger charge is -2.06. The zero-order valence-corrected chi connectivity index (χ0v) is 9.23. The Morgan fingerprint density at radius 2 is 2.25 bits per heavy atom. The molecular formula is C12H13NO3. The third kappa shape index (κ3) is 1.52. The lowest BCUT2D eigenvalue weighted by atomic mass is 10.1. The van der Waals surface area contributed by atoms with Gasteiger partial charge < -0.3 is 14.4 Å². The summed E-state index contributed by atoms with van der Waals surface area (Å²) in [4.78, 5) is 11.0. The number of aromatic carboxylic acids is 1. The Morgan fingerprint density at radius 1 is 1.50 bits per heavy atom. The average molecular weight is 219 g/mol. The van der Waals surface area contributed by atoms with E-state index in [0.29, 0.717) is 5.75 Å². The SMILES string of the molecule is CCn1ccc2c(OC)cc(C(=O)O)cc21. The van der Waals surface area contributed by atoms with Crippen molar-refractivity contribution >= 4 is 16.9 Å². The van der Waals surface area contributed by atoms with E-state index in [9.17, 15) is 4.79 Å². The van der Waals surface area contributed by atoms with Crippen LogP contribution >= 0.6 is 0 Å². The molecule has 0 aliphatic rings. The van der Waals surface area contributed by atoms with Crippen LogP contribution in [-0.2, 0) is 6.54 Å². The van der Waals surface area contributed by atoms with E-state index in [0.717, 1.165) is 17.4 Å². The molecule has 0 saturated carbocycles. The largest absolute Gasteiger partial charge is 0.496 e. The Hall–Kier alpha value is -1.97. The van der Waals surface area contributed by atoms with Gasteiger partial charge in [0.2, 0.25) is 0 Å². The molecule has 4 heteroatoms. The van der Waals surface area contributed by atoms with Gasteiger partial charge in [0, 0.05) is 18.1 Å². The fraction of sp³-hybridized carbons (Fsp3) is 0.250. The van der Waals surface area contributed by atoms with Crippen molar-refractivity contribution in [2.75, 3.05) is 7.11 Å². The fourth-order valence-corrected chi connectivity index (χ4v) is 1.83. The maximum atomic E-state index is 11.0. The molecule has 2 aromatic rings. The van der Waals surface area contributed by atoms with Crippen molar-refractivity contribution in [3.8, 4) is 5.75 Å². The zero-order valence-electron chi connectivity index (χ0n) is 9.23. The van der Waals surface area contributed by atoms with Crippen LogP contribution < -0.4 is 4.74 Å². The smallest absolute Gasteiger partial charge is 0.335 e. The predicted octanol–water partition coefficient (Wildman–Crippen LogP) is 2.37. The maximum absolute atomic E-state index is 11.0. The van der Waals surface area contributed by atoms with Crippen molar-refractivity contribution in [1.82, 2.24) is 4.57 Å². The average Bonchev–Trinajstić information content (AvgIpc) is 2.70. The standard InChI is InChI=1S/C12H13NO3/c1-3-13-5-4-9-10(13)6-8(12(14)15)7-11(9)16-2/h4-7H,3H2,1-2H3,(H,14,15). The lowest BCUT2D eigenvalue weighted by molar-refractivity contribution is 0.0696. The Bertz CT molecular complexity index is 542. The number of hydrogen-bond donors (Lipinski definition) is 1. The Balaban J connectivity index is 2.76. The summed E-state index contributed by atoms with van der Waals surface area (Å²) in [6, 6.07) is 5.15. The number of ether oxygens (including phenoxy) is 1. The summed E-state index contributed by atoms with van der Waals surface area (Å²) in [5, 5.41) is 9.94. The van der Waals surface area contributed by atoms with Crippen LogP contribution in [0.4, 0.5) is 0 Å². The van der Waals surface area contributed by atoms with Gasteiger partial charge in [0.1, 0.15) is 5.75 Å². The van der Waals surface area contributed by atoms with Gasteiger partial charge >= 0.3 is 5.97 Å². The fourth-order valence-electron chi connectivity index (χ4n) is 1.83. The number of aryl methyl sites for hydroxylation is 1. The third-order valence-electron chi connectivity index (χ3n) is 2.66. The van der Waals surface area contributed by atoms with Gasteiger partial charge in [-0.1, -0.05) is 0 Å². The molecule has 84 valence electrons. The number of aromatic nitrogens is 1.